The number of aryl methyl sites for hydroxylation is 1. The maximum Gasteiger partial charge on any atom is 0.306 e. The number of aliphatic hydroxyl groups is 1. The van der Waals surface area contributed by atoms with Crippen LogP contribution in [0.3, 0.4) is 0 Å². The molecular formula is C14H21N7O3. The zero-order valence-electron chi connectivity index (χ0n) is 13.5. The van der Waals surface area contributed by atoms with E-state index < -0.39 is 11.0 Å². The summed E-state index contributed by atoms with van der Waals surface area (Å²) in [6.07, 6.45) is 3.82. The molecule has 10 nitrogen and oxygen atoms in total. The highest BCUT2D eigenvalue weighted by Gasteiger charge is 2.25. The van der Waals surface area contributed by atoms with Crippen molar-refractivity contribution in [3.8, 4) is 0 Å². The van der Waals surface area contributed by atoms with Gasteiger partial charge in [0.05, 0.1) is 17.6 Å². The smallest absolute Gasteiger partial charge is 0.306 e. The number of aromatic nitrogens is 5. The lowest BCUT2D eigenvalue weighted by molar-refractivity contribution is -0.385. The molecule has 1 unspecified atom stereocenters. The summed E-state index contributed by atoms with van der Waals surface area (Å²) in [5.41, 5.74) is -0.0650. The minimum Gasteiger partial charge on any atom is -0.390 e. The van der Waals surface area contributed by atoms with E-state index in [0.29, 0.717) is 12.5 Å². The van der Waals surface area contributed by atoms with Crippen LogP contribution in [0.25, 0.3) is 0 Å². The largest absolute Gasteiger partial charge is 0.390 e. The van der Waals surface area contributed by atoms with Crippen LogP contribution < -0.4 is 0 Å². The van der Waals surface area contributed by atoms with Gasteiger partial charge in [-0.2, -0.15) is 10.2 Å². The second kappa shape index (κ2) is 7.05. The predicted molar refractivity (Wildman–Crippen MR) is 84.4 cm³/mol. The zero-order chi connectivity index (χ0) is 17.1. The molecule has 10 heteroatoms. The Bertz CT molecular complexity index is 690. The molecule has 1 fully saturated rings. The SMILES string of the molecule is Cc1nc(C2CCN(CC(O)Cn3cc([N+](=O)[O-])cn3)CC2)n[nH]1. The van der Waals surface area contributed by atoms with Crippen LogP contribution in [0.1, 0.15) is 30.4 Å². The molecule has 1 aliphatic heterocycles. The molecular weight excluding hydrogens is 314 g/mol. The molecule has 1 atom stereocenters. The van der Waals surface area contributed by atoms with Gasteiger partial charge in [0.1, 0.15) is 18.2 Å². The Kier molecular flexibility index (Phi) is 4.86. The first-order valence-electron chi connectivity index (χ1n) is 7.97. The lowest BCUT2D eigenvalue weighted by Gasteiger charge is -2.32. The van der Waals surface area contributed by atoms with Gasteiger partial charge in [-0.25, -0.2) is 4.98 Å². The van der Waals surface area contributed by atoms with E-state index in [1.165, 1.54) is 17.1 Å². The molecule has 24 heavy (non-hydrogen) atoms. The van der Waals surface area contributed by atoms with Crippen LogP contribution in [-0.2, 0) is 6.54 Å². The normalized spacial score (nSPS) is 17.9. The van der Waals surface area contributed by atoms with Crippen LogP contribution in [0.4, 0.5) is 5.69 Å². The first kappa shape index (κ1) is 16.5. The van der Waals surface area contributed by atoms with Gasteiger partial charge in [-0.1, -0.05) is 0 Å². The summed E-state index contributed by atoms with van der Waals surface area (Å²) in [5.74, 6) is 2.06. The molecule has 0 bridgehead atoms. The number of hydrogen-bond acceptors (Lipinski definition) is 7. The zero-order valence-corrected chi connectivity index (χ0v) is 13.5. The lowest BCUT2D eigenvalue weighted by Crippen LogP contribution is -2.39. The number of nitrogens with zero attached hydrogens (tertiary/aromatic N) is 6. The van der Waals surface area contributed by atoms with Crippen LogP contribution >= 0.6 is 0 Å². The number of aliphatic hydroxyl groups excluding tert-OH is 1. The van der Waals surface area contributed by atoms with Crippen molar-refractivity contribution < 1.29 is 10.0 Å². The van der Waals surface area contributed by atoms with Gasteiger partial charge in [-0.15, -0.1) is 0 Å². The number of piperidine rings is 1. The van der Waals surface area contributed by atoms with Crippen LogP contribution in [0, 0.1) is 17.0 Å². The Morgan fingerprint density at radius 2 is 2.21 bits per heavy atom. The Hall–Kier alpha value is -2.33. The van der Waals surface area contributed by atoms with Crippen LogP contribution in [0.15, 0.2) is 12.4 Å². The van der Waals surface area contributed by atoms with Crippen molar-refractivity contribution >= 4 is 5.69 Å². The third kappa shape index (κ3) is 3.95. The van der Waals surface area contributed by atoms with E-state index in [0.717, 1.165) is 37.6 Å². The van der Waals surface area contributed by atoms with E-state index in [9.17, 15) is 15.2 Å². The molecule has 0 saturated carbocycles. The topological polar surface area (TPSA) is 126 Å². The highest BCUT2D eigenvalue weighted by Crippen LogP contribution is 2.25. The molecule has 0 aliphatic carbocycles. The van der Waals surface area contributed by atoms with Crippen molar-refractivity contribution in [1.29, 1.82) is 0 Å². The monoisotopic (exact) mass is 335 g/mol. The number of hydrogen-bond donors (Lipinski definition) is 2. The van der Waals surface area contributed by atoms with Crippen LogP contribution in [0.2, 0.25) is 0 Å². The van der Waals surface area contributed by atoms with E-state index in [-0.39, 0.29) is 12.2 Å². The second-order valence-electron chi connectivity index (χ2n) is 6.19. The van der Waals surface area contributed by atoms with Crippen molar-refractivity contribution in [1.82, 2.24) is 29.9 Å². The summed E-state index contributed by atoms with van der Waals surface area (Å²) in [7, 11) is 0. The lowest BCUT2D eigenvalue weighted by atomic mass is 9.96. The summed E-state index contributed by atoms with van der Waals surface area (Å²) in [5, 5.41) is 31.8. The Morgan fingerprint density at radius 3 is 2.79 bits per heavy atom. The number of H-pyrrole nitrogens is 1. The van der Waals surface area contributed by atoms with Crippen molar-refractivity contribution in [3.05, 3.63) is 34.2 Å². The van der Waals surface area contributed by atoms with E-state index in [1.807, 2.05) is 6.92 Å². The third-order valence-electron chi connectivity index (χ3n) is 4.26. The van der Waals surface area contributed by atoms with Gasteiger partial charge >= 0.3 is 5.69 Å². The Balaban J connectivity index is 1.45. The van der Waals surface area contributed by atoms with E-state index in [1.54, 1.807) is 0 Å². The average Bonchev–Trinajstić information content (AvgIpc) is 3.17. The van der Waals surface area contributed by atoms with Gasteiger partial charge in [0.2, 0.25) is 0 Å². The van der Waals surface area contributed by atoms with E-state index in [4.69, 9.17) is 0 Å². The predicted octanol–water partition coefficient (Wildman–Crippen LogP) is 0.458. The number of β-amino-alcohol motifs (C(OH)–C–C–N with tert-alkyl or cyclic N) is 1. The maximum atomic E-state index is 10.6. The molecule has 1 aliphatic rings. The summed E-state index contributed by atoms with van der Waals surface area (Å²) in [4.78, 5) is 16.7. The number of nitrogens with one attached hydrogen (secondary N) is 1. The van der Waals surface area contributed by atoms with Gasteiger partial charge in [-0.05, 0) is 32.9 Å². The first-order valence-corrected chi connectivity index (χ1v) is 7.97. The van der Waals surface area contributed by atoms with Crippen LogP contribution in [0.5, 0.6) is 0 Å². The van der Waals surface area contributed by atoms with Crippen molar-refractivity contribution in [2.45, 2.75) is 38.3 Å². The fraction of sp³-hybridized carbons (Fsp3) is 0.643. The minimum absolute atomic E-state index is 0.0650. The first-order chi connectivity index (χ1) is 11.5. The number of likely N-dealkylation sites (tertiary alicyclic amines) is 1. The summed E-state index contributed by atoms with van der Waals surface area (Å²) >= 11 is 0. The molecule has 3 heterocycles. The van der Waals surface area contributed by atoms with Gasteiger partial charge in [-0.3, -0.25) is 19.9 Å². The molecule has 0 amide bonds. The molecule has 0 spiro atoms. The summed E-state index contributed by atoms with van der Waals surface area (Å²) in [6.45, 7) is 4.39. The van der Waals surface area contributed by atoms with Crippen molar-refractivity contribution in [2.75, 3.05) is 19.6 Å². The summed E-state index contributed by atoms with van der Waals surface area (Å²) < 4.78 is 1.41. The molecule has 0 aromatic carbocycles. The fourth-order valence-electron chi connectivity index (χ4n) is 3.03. The number of nitro groups is 1. The van der Waals surface area contributed by atoms with Gasteiger partial charge in [0.25, 0.3) is 0 Å². The molecule has 2 aromatic rings. The van der Waals surface area contributed by atoms with Gasteiger partial charge in [0.15, 0.2) is 5.82 Å². The van der Waals surface area contributed by atoms with E-state index in [2.05, 4.69) is 25.2 Å². The van der Waals surface area contributed by atoms with Crippen LogP contribution in [-0.4, -0.2) is 65.6 Å². The second-order valence-corrected chi connectivity index (χ2v) is 6.19. The van der Waals surface area contributed by atoms with Gasteiger partial charge < -0.3 is 10.0 Å². The molecule has 1 saturated heterocycles. The highest BCUT2D eigenvalue weighted by molar-refractivity contribution is 5.20. The molecule has 2 N–H and O–H groups in total. The average molecular weight is 335 g/mol. The maximum absolute atomic E-state index is 10.6. The molecule has 2 aromatic heterocycles. The molecule has 0 radical (unpaired) electrons. The fourth-order valence-corrected chi connectivity index (χ4v) is 3.03. The standard InChI is InChI=1S/C14H21N7O3/c1-10-16-14(18-17-10)11-2-4-19(5-3-11)8-13(22)9-20-7-12(6-15-20)21(23)24/h6-7,11,13,22H,2-5,8-9H2,1H3,(H,16,17,18). The number of aromatic amines is 1. The van der Waals surface area contributed by atoms with Crippen molar-refractivity contribution in [3.63, 3.8) is 0 Å². The van der Waals surface area contributed by atoms with Crippen molar-refractivity contribution in [2.24, 2.45) is 0 Å². The quantitative estimate of drug-likeness (QED) is 0.580. The van der Waals surface area contributed by atoms with E-state index >= 15 is 0 Å². The third-order valence-corrected chi connectivity index (χ3v) is 4.26. The molecule has 130 valence electrons. The summed E-state index contributed by atoms with van der Waals surface area (Å²) in [6, 6.07) is 0. The number of rotatable bonds is 6. The molecule has 3 rings (SSSR count). The minimum atomic E-state index is -0.619. The Labute approximate surface area is 138 Å². The van der Waals surface area contributed by atoms with Gasteiger partial charge in [0, 0.05) is 12.5 Å². The highest BCUT2D eigenvalue weighted by atomic mass is 16.6. The Morgan fingerprint density at radius 1 is 1.46 bits per heavy atom.